The van der Waals surface area contributed by atoms with Crippen molar-refractivity contribution in [2.45, 2.75) is 6.92 Å². The third kappa shape index (κ3) is 4.19. The lowest BCUT2D eigenvalue weighted by molar-refractivity contribution is 1.28. The first-order valence-corrected chi connectivity index (χ1v) is 9.51. The maximum absolute atomic E-state index is 5.94. The molecule has 0 saturated heterocycles. The Balaban J connectivity index is 1.61. The molecule has 1 aromatic heterocycles. The van der Waals surface area contributed by atoms with Gasteiger partial charge in [0.2, 0.25) is 0 Å². The Kier molecular flexibility index (Phi) is 5.31. The van der Waals surface area contributed by atoms with E-state index in [1.165, 1.54) is 11.1 Å². The first-order valence-electron chi connectivity index (χ1n) is 9.13. The predicted octanol–water partition coefficient (Wildman–Crippen LogP) is 7.21. The van der Waals surface area contributed by atoms with Gasteiger partial charge in [0.1, 0.15) is 0 Å². The molecule has 28 heavy (non-hydrogen) atoms. The van der Waals surface area contributed by atoms with Gasteiger partial charge in [0, 0.05) is 10.6 Å². The van der Waals surface area contributed by atoms with Crippen molar-refractivity contribution in [1.29, 1.82) is 0 Å². The number of halogens is 1. The maximum Gasteiger partial charge on any atom is 0.0849 e. The lowest BCUT2D eigenvalue weighted by Crippen LogP contribution is -1.99. The van der Waals surface area contributed by atoms with Crippen LogP contribution in [0.15, 0.2) is 102 Å². The highest BCUT2D eigenvalue weighted by Crippen LogP contribution is 2.24. The molecule has 4 rings (SSSR count). The fraction of sp³-hybridized carbons (Fsp3) is 0.0400. The third-order valence-electron chi connectivity index (χ3n) is 4.53. The Bertz CT molecular complexity index is 1100. The van der Waals surface area contributed by atoms with Gasteiger partial charge in [0.15, 0.2) is 0 Å². The first kappa shape index (κ1) is 18.1. The molecule has 3 aromatic carbocycles. The fourth-order valence-corrected chi connectivity index (χ4v) is 3.15. The minimum Gasteiger partial charge on any atom is -0.252 e. The molecule has 0 aliphatic carbocycles. The zero-order chi connectivity index (χ0) is 19.3. The molecule has 0 spiro atoms. The zero-order valence-corrected chi connectivity index (χ0v) is 16.3. The second-order valence-corrected chi connectivity index (χ2v) is 6.96. The molecule has 4 aromatic rings. The third-order valence-corrected chi connectivity index (χ3v) is 4.78. The van der Waals surface area contributed by atoms with E-state index in [0.717, 1.165) is 28.4 Å². The monoisotopic (exact) mass is 382 g/mol. The van der Waals surface area contributed by atoms with Crippen LogP contribution in [0.5, 0.6) is 0 Å². The number of pyridine rings is 1. The van der Waals surface area contributed by atoms with Gasteiger partial charge in [-0.15, -0.1) is 0 Å². The van der Waals surface area contributed by atoms with Crippen LogP contribution < -0.4 is 0 Å². The highest BCUT2D eigenvalue weighted by Gasteiger charge is 2.05. The SMILES string of the molecule is CC(=Nc1ccc(Cl)cc1)c1cccc(-c2ccc(-c3ccccc3)cc2)n1. The molecule has 3 heteroatoms. The standard InChI is InChI=1S/C25H19ClN2/c1-18(27-23-16-14-22(26)15-17-23)24-8-5-9-25(28-24)21-12-10-20(11-13-21)19-6-3-2-4-7-19/h2-17H,1H3. The summed E-state index contributed by atoms with van der Waals surface area (Å²) in [5.74, 6) is 0. The summed E-state index contributed by atoms with van der Waals surface area (Å²) in [6.45, 7) is 1.97. The van der Waals surface area contributed by atoms with Gasteiger partial charge in [-0.25, -0.2) is 4.98 Å². The van der Waals surface area contributed by atoms with Crippen LogP contribution in [0.4, 0.5) is 5.69 Å². The van der Waals surface area contributed by atoms with E-state index >= 15 is 0 Å². The van der Waals surface area contributed by atoms with E-state index in [-0.39, 0.29) is 0 Å². The van der Waals surface area contributed by atoms with Crippen LogP contribution in [-0.4, -0.2) is 10.7 Å². The van der Waals surface area contributed by atoms with Crippen LogP contribution in [0.25, 0.3) is 22.4 Å². The lowest BCUT2D eigenvalue weighted by Gasteiger charge is -2.07. The van der Waals surface area contributed by atoms with Crippen LogP contribution in [0, 0.1) is 0 Å². The number of nitrogens with zero attached hydrogens (tertiary/aromatic N) is 2. The highest BCUT2D eigenvalue weighted by atomic mass is 35.5. The average Bonchev–Trinajstić information content (AvgIpc) is 2.76. The topological polar surface area (TPSA) is 25.2 Å². The van der Waals surface area contributed by atoms with Gasteiger partial charge >= 0.3 is 0 Å². The molecule has 0 aliphatic rings. The van der Waals surface area contributed by atoms with Gasteiger partial charge in [-0.3, -0.25) is 4.99 Å². The normalized spacial score (nSPS) is 11.4. The van der Waals surface area contributed by atoms with E-state index < -0.39 is 0 Å². The quantitative estimate of drug-likeness (QED) is 0.342. The molecule has 0 saturated carbocycles. The molecule has 0 unspecified atom stereocenters. The molecule has 0 radical (unpaired) electrons. The molecular weight excluding hydrogens is 364 g/mol. The van der Waals surface area contributed by atoms with E-state index in [2.05, 4.69) is 53.5 Å². The summed E-state index contributed by atoms with van der Waals surface area (Å²) in [7, 11) is 0. The van der Waals surface area contributed by atoms with Crippen LogP contribution in [-0.2, 0) is 0 Å². The molecule has 0 bridgehead atoms. The van der Waals surface area contributed by atoms with Crippen LogP contribution in [0.2, 0.25) is 5.02 Å². The molecule has 1 heterocycles. The second kappa shape index (κ2) is 8.20. The van der Waals surface area contributed by atoms with Gasteiger partial charge in [0.25, 0.3) is 0 Å². The van der Waals surface area contributed by atoms with Crippen LogP contribution >= 0.6 is 11.6 Å². The fourth-order valence-electron chi connectivity index (χ4n) is 3.03. The lowest BCUT2D eigenvalue weighted by atomic mass is 10.0. The molecule has 0 fully saturated rings. The number of rotatable bonds is 4. The van der Waals surface area contributed by atoms with E-state index in [1.807, 2.05) is 55.5 Å². The number of aromatic nitrogens is 1. The summed E-state index contributed by atoms with van der Waals surface area (Å²) >= 11 is 5.94. The molecule has 136 valence electrons. The molecule has 2 nitrogen and oxygen atoms in total. The van der Waals surface area contributed by atoms with Crippen molar-refractivity contribution in [2.24, 2.45) is 4.99 Å². The number of aliphatic imine (C=N–C) groups is 1. The van der Waals surface area contributed by atoms with Crippen molar-refractivity contribution in [1.82, 2.24) is 4.98 Å². The Hall–Kier alpha value is -3.23. The molecular formula is C25H19ClN2. The summed E-state index contributed by atoms with van der Waals surface area (Å²) in [6.07, 6.45) is 0. The Morgan fingerprint density at radius 2 is 1.32 bits per heavy atom. The van der Waals surface area contributed by atoms with Gasteiger partial charge in [-0.2, -0.15) is 0 Å². The minimum absolute atomic E-state index is 0.704. The van der Waals surface area contributed by atoms with E-state index in [4.69, 9.17) is 16.6 Å². The first-order chi connectivity index (χ1) is 13.7. The van der Waals surface area contributed by atoms with Gasteiger partial charge in [-0.05, 0) is 54.4 Å². The number of hydrogen-bond donors (Lipinski definition) is 0. The largest absolute Gasteiger partial charge is 0.252 e. The van der Waals surface area contributed by atoms with Crippen molar-refractivity contribution in [3.8, 4) is 22.4 Å². The predicted molar refractivity (Wildman–Crippen MR) is 118 cm³/mol. The Labute approximate surface area is 170 Å². The van der Waals surface area contributed by atoms with Crippen molar-refractivity contribution in [2.75, 3.05) is 0 Å². The van der Waals surface area contributed by atoms with Gasteiger partial charge in [-0.1, -0.05) is 72.3 Å². The smallest absolute Gasteiger partial charge is 0.0849 e. The van der Waals surface area contributed by atoms with Gasteiger partial charge in [0.05, 0.1) is 22.8 Å². The summed E-state index contributed by atoms with van der Waals surface area (Å²) in [4.78, 5) is 9.46. The molecule has 0 N–H and O–H groups in total. The summed E-state index contributed by atoms with van der Waals surface area (Å²) < 4.78 is 0. The second-order valence-electron chi connectivity index (χ2n) is 6.53. The van der Waals surface area contributed by atoms with Crippen molar-refractivity contribution < 1.29 is 0 Å². The Morgan fingerprint density at radius 3 is 2.04 bits per heavy atom. The van der Waals surface area contributed by atoms with Crippen LogP contribution in [0.1, 0.15) is 12.6 Å². The zero-order valence-electron chi connectivity index (χ0n) is 15.5. The van der Waals surface area contributed by atoms with Crippen LogP contribution in [0.3, 0.4) is 0 Å². The molecule has 0 amide bonds. The average molecular weight is 383 g/mol. The minimum atomic E-state index is 0.704. The Morgan fingerprint density at radius 1 is 0.679 bits per heavy atom. The maximum atomic E-state index is 5.94. The highest BCUT2D eigenvalue weighted by molar-refractivity contribution is 6.30. The number of benzene rings is 3. The van der Waals surface area contributed by atoms with Crippen molar-refractivity contribution >= 4 is 23.0 Å². The summed E-state index contributed by atoms with van der Waals surface area (Å²) in [5.41, 5.74) is 7.01. The number of hydrogen-bond acceptors (Lipinski definition) is 2. The van der Waals surface area contributed by atoms with E-state index in [9.17, 15) is 0 Å². The van der Waals surface area contributed by atoms with Crippen molar-refractivity contribution in [3.63, 3.8) is 0 Å². The van der Waals surface area contributed by atoms with Gasteiger partial charge < -0.3 is 0 Å². The van der Waals surface area contributed by atoms with E-state index in [1.54, 1.807) is 0 Å². The van der Waals surface area contributed by atoms with Crippen molar-refractivity contribution in [3.05, 3.63) is 108 Å². The van der Waals surface area contributed by atoms with E-state index in [0.29, 0.717) is 5.02 Å². The molecule has 0 aliphatic heterocycles. The summed E-state index contributed by atoms with van der Waals surface area (Å²) in [6, 6.07) is 32.4. The molecule has 0 atom stereocenters. The summed E-state index contributed by atoms with van der Waals surface area (Å²) in [5, 5.41) is 0.704.